The van der Waals surface area contributed by atoms with Crippen molar-refractivity contribution >= 4 is 5.69 Å². The summed E-state index contributed by atoms with van der Waals surface area (Å²) in [5, 5.41) is 13.3. The number of hydrogen-bond acceptors (Lipinski definition) is 3. The maximum absolute atomic E-state index is 10.0. The molecule has 0 aliphatic rings. The largest absolute Gasteiger partial charge is 0.491 e. The second-order valence-electron chi connectivity index (χ2n) is 5.43. The lowest BCUT2D eigenvalue weighted by Gasteiger charge is -2.16. The lowest BCUT2D eigenvalue weighted by atomic mass is 10.1. The predicted molar refractivity (Wildman–Crippen MR) is 87.1 cm³/mol. The van der Waals surface area contributed by atoms with Crippen LogP contribution in [0, 0.1) is 20.8 Å². The fourth-order valence-electron chi connectivity index (χ4n) is 2.20. The molecule has 2 aromatic carbocycles. The van der Waals surface area contributed by atoms with Crippen LogP contribution in [-0.4, -0.2) is 24.4 Å². The first-order chi connectivity index (χ1) is 10.1. The Morgan fingerprint density at radius 1 is 1.05 bits per heavy atom. The Morgan fingerprint density at radius 3 is 2.52 bits per heavy atom. The highest BCUT2D eigenvalue weighted by atomic mass is 16.5. The second kappa shape index (κ2) is 7.14. The molecule has 0 aliphatic heterocycles. The van der Waals surface area contributed by atoms with Crippen molar-refractivity contribution in [3.63, 3.8) is 0 Å². The van der Waals surface area contributed by atoms with Gasteiger partial charge in [0.25, 0.3) is 0 Å². The fourth-order valence-corrected chi connectivity index (χ4v) is 2.20. The lowest BCUT2D eigenvalue weighted by Crippen LogP contribution is -2.26. The molecule has 2 N–H and O–H groups in total. The monoisotopic (exact) mass is 285 g/mol. The van der Waals surface area contributed by atoms with Crippen LogP contribution in [0.25, 0.3) is 0 Å². The van der Waals surface area contributed by atoms with Crippen molar-refractivity contribution in [2.75, 3.05) is 18.5 Å². The highest BCUT2D eigenvalue weighted by Crippen LogP contribution is 2.17. The molecule has 0 fully saturated rings. The van der Waals surface area contributed by atoms with Crippen LogP contribution in [0.1, 0.15) is 16.7 Å². The van der Waals surface area contributed by atoms with Crippen molar-refractivity contribution in [1.29, 1.82) is 0 Å². The van der Waals surface area contributed by atoms with E-state index in [1.165, 1.54) is 11.1 Å². The van der Waals surface area contributed by atoms with Crippen molar-refractivity contribution in [2.45, 2.75) is 26.9 Å². The molecule has 2 rings (SSSR count). The van der Waals surface area contributed by atoms with Gasteiger partial charge in [0.05, 0.1) is 0 Å². The molecule has 3 nitrogen and oxygen atoms in total. The Bertz CT molecular complexity index is 596. The lowest BCUT2D eigenvalue weighted by molar-refractivity contribution is 0.117. The molecule has 0 heterocycles. The molecule has 1 unspecified atom stereocenters. The number of anilines is 1. The number of nitrogens with one attached hydrogen (secondary N) is 1. The number of benzene rings is 2. The molecule has 0 aromatic heterocycles. The Morgan fingerprint density at radius 2 is 1.81 bits per heavy atom. The Balaban J connectivity index is 1.82. The normalized spacial score (nSPS) is 12.0. The summed E-state index contributed by atoms with van der Waals surface area (Å²) >= 11 is 0. The minimum absolute atomic E-state index is 0.281. The van der Waals surface area contributed by atoms with Crippen molar-refractivity contribution in [2.24, 2.45) is 0 Å². The highest BCUT2D eigenvalue weighted by Gasteiger charge is 2.07. The smallest absolute Gasteiger partial charge is 0.122 e. The van der Waals surface area contributed by atoms with Gasteiger partial charge in [-0.1, -0.05) is 35.9 Å². The SMILES string of the molecule is Cc1ccc(NCC(O)COc2ccccc2C)c(C)c1. The van der Waals surface area contributed by atoms with Crippen molar-refractivity contribution < 1.29 is 9.84 Å². The Labute approximate surface area is 126 Å². The number of para-hydroxylation sites is 1. The molecular weight excluding hydrogens is 262 g/mol. The molecule has 0 bridgehead atoms. The average molecular weight is 285 g/mol. The van der Waals surface area contributed by atoms with E-state index in [1.54, 1.807) is 0 Å². The first kappa shape index (κ1) is 15.4. The molecule has 2 aromatic rings. The van der Waals surface area contributed by atoms with E-state index in [0.717, 1.165) is 17.0 Å². The quantitative estimate of drug-likeness (QED) is 0.854. The molecule has 3 heteroatoms. The molecule has 0 saturated heterocycles. The molecule has 0 saturated carbocycles. The number of aliphatic hydroxyl groups excluding tert-OH is 1. The Kier molecular flexibility index (Phi) is 5.23. The van der Waals surface area contributed by atoms with E-state index in [-0.39, 0.29) is 6.61 Å². The van der Waals surface area contributed by atoms with Crippen LogP contribution in [0.4, 0.5) is 5.69 Å². The van der Waals surface area contributed by atoms with E-state index in [9.17, 15) is 5.11 Å². The van der Waals surface area contributed by atoms with Crippen LogP contribution < -0.4 is 10.1 Å². The van der Waals surface area contributed by atoms with E-state index in [0.29, 0.717) is 6.54 Å². The summed E-state index contributed by atoms with van der Waals surface area (Å²) in [6, 6.07) is 14.0. The van der Waals surface area contributed by atoms with Crippen LogP contribution in [0.5, 0.6) is 5.75 Å². The minimum Gasteiger partial charge on any atom is -0.491 e. The van der Waals surface area contributed by atoms with Crippen molar-refractivity contribution in [3.8, 4) is 5.75 Å². The number of rotatable bonds is 6. The standard InChI is InChI=1S/C18H23NO2/c1-13-8-9-17(15(3)10-13)19-11-16(20)12-21-18-7-5-4-6-14(18)2/h4-10,16,19-20H,11-12H2,1-3H3. The number of ether oxygens (including phenoxy) is 1. The number of aryl methyl sites for hydroxylation is 3. The molecule has 1 atom stereocenters. The van der Waals surface area contributed by atoms with Crippen LogP contribution >= 0.6 is 0 Å². The summed E-state index contributed by atoms with van der Waals surface area (Å²) in [5.74, 6) is 0.822. The third-order valence-electron chi connectivity index (χ3n) is 3.43. The second-order valence-corrected chi connectivity index (χ2v) is 5.43. The van der Waals surface area contributed by atoms with E-state index in [1.807, 2.05) is 37.3 Å². The molecule has 0 amide bonds. The summed E-state index contributed by atoms with van der Waals surface area (Å²) in [5.41, 5.74) is 4.55. The molecular formula is C18H23NO2. The van der Waals surface area contributed by atoms with Gasteiger partial charge in [0.1, 0.15) is 18.5 Å². The van der Waals surface area contributed by atoms with E-state index in [2.05, 4.69) is 31.3 Å². The maximum atomic E-state index is 10.0. The first-order valence-corrected chi connectivity index (χ1v) is 7.24. The van der Waals surface area contributed by atoms with Gasteiger partial charge in [-0.3, -0.25) is 0 Å². The van der Waals surface area contributed by atoms with Gasteiger partial charge in [0, 0.05) is 12.2 Å². The van der Waals surface area contributed by atoms with E-state index in [4.69, 9.17) is 4.74 Å². The number of hydrogen-bond donors (Lipinski definition) is 2. The zero-order valence-corrected chi connectivity index (χ0v) is 12.9. The first-order valence-electron chi connectivity index (χ1n) is 7.24. The molecule has 0 spiro atoms. The predicted octanol–water partition coefficient (Wildman–Crippen LogP) is 3.46. The van der Waals surface area contributed by atoms with Crippen LogP contribution in [0.15, 0.2) is 42.5 Å². The topological polar surface area (TPSA) is 41.5 Å². The van der Waals surface area contributed by atoms with Gasteiger partial charge in [-0.05, 0) is 44.0 Å². The van der Waals surface area contributed by atoms with Crippen LogP contribution in [0.3, 0.4) is 0 Å². The van der Waals surface area contributed by atoms with Gasteiger partial charge in [0.15, 0.2) is 0 Å². The molecule has 21 heavy (non-hydrogen) atoms. The van der Waals surface area contributed by atoms with Gasteiger partial charge >= 0.3 is 0 Å². The van der Waals surface area contributed by atoms with Gasteiger partial charge < -0.3 is 15.2 Å². The number of aliphatic hydroxyl groups is 1. The fraction of sp³-hybridized carbons (Fsp3) is 0.333. The van der Waals surface area contributed by atoms with E-state index < -0.39 is 6.10 Å². The minimum atomic E-state index is -0.551. The van der Waals surface area contributed by atoms with Gasteiger partial charge in [-0.15, -0.1) is 0 Å². The molecule has 0 aliphatic carbocycles. The third kappa shape index (κ3) is 4.50. The molecule has 112 valence electrons. The van der Waals surface area contributed by atoms with Crippen molar-refractivity contribution in [1.82, 2.24) is 0 Å². The van der Waals surface area contributed by atoms with E-state index >= 15 is 0 Å². The summed E-state index contributed by atoms with van der Waals surface area (Å²) in [6.07, 6.45) is -0.551. The zero-order valence-electron chi connectivity index (χ0n) is 12.9. The van der Waals surface area contributed by atoms with Crippen molar-refractivity contribution in [3.05, 3.63) is 59.2 Å². The van der Waals surface area contributed by atoms with Gasteiger partial charge in [-0.2, -0.15) is 0 Å². The summed E-state index contributed by atoms with van der Waals surface area (Å²) in [4.78, 5) is 0. The average Bonchev–Trinajstić information content (AvgIpc) is 2.45. The molecule has 0 radical (unpaired) electrons. The summed E-state index contributed by atoms with van der Waals surface area (Å²) in [7, 11) is 0. The van der Waals surface area contributed by atoms with Gasteiger partial charge in [-0.25, -0.2) is 0 Å². The van der Waals surface area contributed by atoms with Gasteiger partial charge in [0.2, 0.25) is 0 Å². The summed E-state index contributed by atoms with van der Waals surface area (Å²) in [6.45, 7) is 6.88. The third-order valence-corrected chi connectivity index (χ3v) is 3.43. The van der Waals surface area contributed by atoms with Crippen LogP contribution in [0.2, 0.25) is 0 Å². The van der Waals surface area contributed by atoms with Crippen LogP contribution in [-0.2, 0) is 0 Å². The highest BCUT2D eigenvalue weighted by molar-refractivity contribution is 5.51. The summed E-state index contributed by atoms with van der Waals surface area (Å²) < 4.78 is 5.65. The Hall–Kier alpha value is -2.00. The maximum Gasteiger partial charge on any atom is 0.122 e. The zero-order chi connectivity index (χ0) is 15.2.